The fraction of sp³-hybridized carbons (Fsp3) is 0.278. The Bertz CT molecular complexity index is 762. The van der Waals surface area contributed by atoms with Crippen LogP contribution in [-0.2, 0) is 0 Å². The third-order valence-corrected chi connectivity index (χ3v) is 4.19. The van der Waals surface area contributed by atoms with Crippen LogP contribution in [0, 0.1) is 0 Å². The molecule has 2 heterocycles. The van der Waals surface area contributed by atoms with Gasteiger partial charge < -0.3 is 15.0 Å². The number of hydrogen-bond donors (Lipinski definition) is 2. The molecule has 0 radical (unpaired) electrons. The number of benzene rings is 1. The summed E-state index contributed by atoms with van der Waals surface area (Å²) in [5.74, 6) is -1.51. The molecule has 1 aromatic heterocycles. The second-order valence-corrected chi connectivity index (χ2v) is 5.84. The van der Waals surface area contributed by atoms with E-state index in [0.29, 0.717) is 13.1 Å². The third kappa shape index (κ3) is 4.13. The monoisotopic (exact) mass is 340 g/mol. The quantitative estimate of drug-likeness (QED) is 0.862. The Morgan fingerprint density at radius 2 is 1.88 bits per heavy atom. The number of aromatic carboxylic acids is 1. The summed E-state index contributed by atoms with van der Waals surface area (Å²) >= 11 is 0. The maximum Gasteiger partial charge on any atom is 0.354 e. The number of amides is 1. The van der Waals surface area contributed by atoms with Crippen molar-refractivity contribution in [1.82, 2.24) is 19.8 Å². The molecule has 1 aliphatic rings. The van der Waals surface area contributed by atoms with Gasteiger partial charge in [-0.25, -0.2) is 9.78 Å². The van der Waals surface area contributed by atoms with Gasteiger partial charge in [0.05, 0.1) is 6.33 Å². The van der Waals surface area contributed by atoms with E-state index in [9.17, 15) is 9.59 Å². The highest BCUT2D eigenvalue weighted by atomic mass is 16.4. The van der Waals surface area contributed by atoms with E-state index in [1.807, 2.05) is 18.2 Å². The van der Waals surface area contributed by atoms with Gasteiger partial charge in [0, 0.05) is 32.7 Å². The number of imidazole rings is 1. The number of nitrogens with zero attached hydrogens (tertiary/aromatic N) is 3. The second-order valence-electron chi connectivity index (χ2n) is 5.84. The Morgan fingerprint density at radius 1 is 1.16 bits per heavy atom. The van der Waals surface area contributed by atoms with Crippen LogP contribution in [-0.4, -0.2) is 69.5 Å². The van der Waals surface area contributed by atoms with Crippen LogP contribution in [0.15, 0.2) is 42.7 Å². The SMILES string of the molecule is O=C(O)c1[nH]cnc1C(=O)N1CCN(C/C=C/c2ccccc2)CC1. The van der Waals surface area contributed by atoms with Crippen molar-refractivity contribution in [3.8, 4) is 0 Å². The fourth-order valence-corrected chi connectivity index (χ4v) is 2.80. The first kappa shape index (κ1) is 16.9. The van der Waals surface area contributed by atoms with Crippen molar-refractivity contribution in [1.29, 1.82) is 0 Å². The van der Waals surface area contributed by atoms with Gasteiger partial charge in [-0.1, -0.05) is 42.5 Å². The first-order valence-electron chi connectivity index (χ1n) is 8.15. The lowest BCUT2D eigenvalue weighted by Crippen LogP contribution is -2.48. The number of carboxylic acids is 1. The van der Waals surface area contributed by atoms with Gasteiger partial charge in [0.1, 0.15) is 0 Å². The van der Waals surface area contributed by atoms with E-state index in [1.165, 1.54) is 6.33 Å². The molecule has 1 fully saturated rings. The maximum absolute atomic E-state index is 12.4. The number of rotatable bonds is 5. The standard InChI is InChI=1S/C18H20N4O3/c23-17(15-16(18(24)25)20-13-19-15)22-11-9-21(10-12-22)8-4-7-14-5-2-1-3-6-14/h1-7,13H,8-12H2,(H,19,20)(H,24,25)/b7-4+. The van der Waals surface area contributed by atoms with Crippen molar-refractivity contribution in [2.75, 3.05) is 32.7 Å². The predicted octanol–water partition coefficient (Wildman–Crippen LogP) is 1.58. The second kappa shape index (κ2) is 7.76. The number of carboxylic acid groups (broad SMARTS) is 1. The van der Waals surface area contributed by atoms with Crippen LogP contribution in [0.2, 0.25) is 0 Å². The molecule has 25 heavy (non-hydrogen) atoms. The summed E-state index contributed by atoms with van der Waals surface area (Å²) in [6.07, 6.45) is 5.44. The van der Waals surface area contributed by atoms with Crippen LogP contribution in [0.5, 0.6) is 0 Å². The molecule has 1 saturated heterocycles. The van der Waals surface area contributed by atoms with Gasteiger partial charge >= 0.3 is 5.97 Å². The van der Waals surface area contributed by atoms with Gasteiger partial charge in [0.2, 0.25) is 0 Å². The highest BCUT2D eigenvalue weighted by Crippen LogP contribution is 2.11. The summed E-state index contributed by atoms with van der Waals surface area (Å²) in [5.41, 5.74) is 0.985. The van der Waals surface area contributed by atoms with E-state index in [1.54, 1.807) is 4.90 Å². The van der Waals surface area contributed by atoms with Crippen molar-refractivity contribution in [3.63, 3.8) is 0 Å². The molecule has 1 aliphatic heterocycles. The van der Waals surface area contributed by atoms with Crippen molar-refractivity contribution >= 4 is 18.0 Å². The number of aromatic nitrogens is 2. The van der Waals surface area contributed by atoms with Gasteiger partial charge in [-0.05, 0) is 5.56 Å². The molecule has 7 heteroatoms. The zero-order valence-electron chi connectivity index (χ0n) is 13.8. The Morgan fingerprint density at radius 3 is 2.56 bits per heavy atom. The van der Waals surface area contributed by atoms with Crippen LogP contribution in [0.25, 0.3) is 6.08 Å². The largest absolute Gasteiger partial charge is 0.477 e. The molecule has 1 aromatic carbocycles. The van der Waals surface area contributed by atoms with Crippen molar-refractivity contribution in [3.05, 3.63) is 59.7 Å². The molecule has 0 unspecified atom stereocenters. The average Bonchev–Trinajstić information content (AvgIpc) is 3.13. The van der Waals surface area contributed by atoms with E-state index in [2.05, 4.69) is 39.2 Å². The van der Waals surface area contributed by atoms with Gasteiger partial charge in [0.25, 0.3) is 5.91 Å². The molecule has 7 nitrogen and oxygen atoms in total. The van der Waals surface area contributed by atoms with Crippen LogP contribution in [0.4, 0.5) is 0 Å². The molecule has 1 amide bonds. The Kier molecular flexibility index (Phi) is 5.25. The predicted molar refractivity (Wildman–Crippen MR) is 93.4 cm³/mol. The zero-order chi connectivity index (χ0) is 17.6. The molecule has 0 spiro atoms. The summed E-state index contributed by atoms with van der Waals surface area (Å²) < 4.78 is 0. The lowest BCUT2D eigenvalue weighted by atomic mass is 10.2. The molecule has 3 rings (SSSR count). The van der Waals surface area contributed by atoms with Crippen LogP contribution in [0.1, 0.15) is 26.5 Å². The van der Waals surface area contributed by atoms with Gasteiger partial charge in [0.15, 0.2) is 11.4 Å². The smallest absolute Gasteiger partial charge is 0.354 e. The summed E-state index contributed by atoms with van der Waals surface area (Å²) in [7, 11) is 0. The van der Waals surface area contributed by atoms with Crippen LogP contribution in [0.3, 0.4) is 0 Å². The molecular formula is C18H20N4O3. The molecule has 2 N–H and O–H groups in total. The number of H-pyrrole nitrogens is 1. The fourth-order valence-electron chi connectivity index (χ4n) is 2.80. The topological polar surface area (TPSA) is 89.5 Å². The minimum atomic E-state index is -1.18. The summed E-state index contributed by atoms with van der Waals surface area (Å²) in [6, 6.07) is 10.1. The molecule has 2 aromatic rings. The lowest BCUT2D eigenvalue weighted by Gasteiger charge is -2.33. The van der Waals surface area contributed by atoms with E-state index < -0.39 is 5.97 Å². The van der Waals surface area contributed by atoms with E-state index in [-0.39, 0.29) is 17.3 Å². The van der Waals surface area contributed by atoms with Gasteiger partial charge in [-0.3, -0.25) is 9.69 Å². The van der Waals surface area contributed by atoms with Crippen molar-refractivity contribution < 1.29 is 14.7 Å². The average molecular weight is 340 g/mol. The summed E-state index contributed by atoms with van der Waals surface area (Å²) in [6.45, 7) is 3.43. The molecule has 0 bridgehead atoms. The Balaban J connectivity index is 1.51. The lowest BCUT2D eigenvalue weighted by molar-refractivity contribution is 0.0619. The third-order valence-electron chi connectivity index (χ3n) is 4.19. The van der Waals surface area contributed by atoms with E-state index in [0.717, 1.165) is 25.2 Å². The normalized spacial score (nSPS) is 15.6. The van der Waals surface area contributed by atoms with Gasteiger partial charge in [-0.2, -0.15) is 0 Å². The Labute approximate surface area is 145 Å². The number of aromatic amines is 1. The zero-order valence-corrected chi connectivity index (χ0v) is 13.8. The molecule has 0 saturated carbocycles. The molecule has 0 atom stereocenters. The van der Waals surface area contributed by atoms with Crippen LogP contribution < -0.4 is 0 Å². The first-order chi connectivity index (χ1) is 12.1. The number of nitrogens with one attached hydrogen (secondary N) is 1. The minimum absolute atomic E-state index is 0.0232. The Hall–Kier alpha value is -2.93. The number of carbonyl (C=O) groups excluding carboxylic acids is 1. The van der Waals surface area contributed by atoms with Crippen molar-refractivity contribution in [2.24, 2.45) is 0 Å². The molecule has 130 valence electrons. The molecular weight excluding hydrogens is 320 g/mol. The number of hydrogen-bond acceptors (Lipinski definition) is 4. The van der Waals surface area contributed by atoms with Crippen LogP contribution >= 0.6 is 0 Å². The number of carbonyl (C=O) groups is 2. The summed E-state index contributed by atoms with van der Waals surface area (Å²) in [4.78, 5) is 33.8. The highest BCUT2D eigenvalue weighted by molar-refractivity contribution is 6.02. The highest BCUT2D eigenvalue weighted by Gasteiger charge is 2.27. The van der Waals surface area contributed by atoms with E-state index >= 15 is 0 Å². The van der Waals surface area contributed by atoms with Gasteiger partial charge in [-0.15, -0.1) is 0 Å². The minimum Gasteiger partial charge on any atom is -0.477 e. The number of piperazine rings is 1. The molecule has 0 aliphatic carbocycles. The summed E-state index contributed by atoms with van der Waals surface area (Å²) in [5, 5.41) is 9.08. The maximum atomic E-state index is 12.4. The van der Waals surface area contributed by atoms with E-state index in [4.69, 9.17) is 5.11 Å². The first-order valence-corrected chi connectivity index (χ1v) is 8.15. The van der Waals surface area contributed by atoms with Crippen molar-refractivity contribution in [2.45, 2.75) is 0 Å².